The average molecular weight is 576 g/mol. The molecule has 2 amide bonds. The minimum Gasteiger partial charge on any atom is -0.494 e. The maximum atomic E-state index is 13.6. The van der Waals surface area contributed by atoms with E-state index in [1.807, 2.05) is 27.7 Å². The first kappa shape index (κ1) is 29.6. The fourth-order valence-electron chi connectivity index (χ4n) is 5.38. The maximum Gasteiger partial charge on any atom is 0.407 e. The first-order valence-corrected chi connectivity index (χ1v) is 13.8. The average Bonchev–Trinajstić information content (AvgIpc) is 3.24. The molecule has 1 aromatic heterocycles. The largest absolute Gasteiger partial charge is 0.494 e. The number of anilines is 1. The fourth-order valence-corrected chi connectivity index (χ4v) is 5.61. The number of hydrogen-bond acceptors (Lipinski definition) is 7. The molecule has 1 saturated carbocycles. The van der Waals surface area contributed by atoms with Gasteiger partial charge in [-0.1, -0.05) is 11.6 Å². The number of pyridine rings is 1. The SMILES string of the molecule is COc1cc(C)[nH]c(=O)c1N(C)C(=O)c1cc(Cl)c2c(c1C)OC(C)([C@H]1CC[C@H](NC(=O)OC(C)(C)C)CC1)O2. The van der Waals surface area contributed by atoms with Gasteiger partial charge in [0.2, 0.25) is 0 Å². The van der Waals surface area contributed by atoms with Gasteiger partial charge in [0.1, 0.15) is 11.4 Å². The molecule has 11 heteroatoms. The molecule has 10 nitrogen and oxygen atoms in total. The highest BCUT2D eigenvalue weighted by Crippen LogP contribution is 2.51. The molecule has 2 heterocycles. The lowest BCUT2D eigenvalue weighted by Crippen LogP contribution is -2.48. The smallest absolute Gasteiger partial charge is 0.407 e. The molecular formula is C29H38ClN3O7. The van der Waals surface area contributed by atoms with Crippen LogP contribution >= 0.6 is 11.6 Å². The van der Waals surface area contributed by atoms with Crippen LogP contribution in [0.3, 0.4) is 0 Å². The molecule has 218 valence electrons. The van der Waals surface area contributed by atoms with Crippen molar-refractivity contribution >= 4 is 29.3 Å². The van der Waals surface area contributed by atoms with Crippen molar-refractivity contribution in [3.8, 4) is 17.2 Å². The second kappa shape index (κ2) is 10.9. The number of methoxy groups -OCH3 is 1. The van der Waals surface area contributed by atoms with Crippen LogP contribution < -0.4 is 30.0 Å². The first-order chi connectivity index (χ1) is 18.6. The molecule has 0 spiro atoms. The van der Waals surface area contributed by atoms with Gasteiger partial charge in [0.15, 0.2) is 17.2 Å². The Bertz CT molecular complexity index is 1380. The number of carbonyl (C=O) groups is 2. The second-order valence-corrected chi connectivity index (χ2v) is 12.1. The summed E-state index contributed by atoms with van der Waals surface area (Å²) >= 11 is 6.62. The molecule has 4 rings (SSSR count). The van der Waals surface area contributed by atoms with Gasteiger partial charge in [-0.05, 0) is 66.4 Å². The molecular weight excluding hydrogens is 538 g/mol. The number of nitrogens with one attached hydrogen (secondary N) is 2. The van der Waals surface area contributed by atoms with E-state index in [2.05, 4.69) is 10.3 Å². The Kier molecular flexibility index (Phi) is 8.04. The molecule has 1 atom stereocenters. The zero-order chi connectivity index (χ0) is 29.6. The molecule has 1 fully saturated rings. The molecule has 2 aliphatic rings. The van der Waals surface area contributed by atoms with Crippen molar-refractivity contribution in [2.45, 2.75) is 84.7 Å². The minimum absolute atomic E-state index is 0.00507. The highest BCUT2D eigenvalue weighted by Gasteiger charge is 2.47. The topological polar surface area (TPSA) is 119 Å². The number of rotatable bonds is 5. The van der Waals surface area contributed by atoms with Crippen molar-refractivity contribution in [3.05, 3.63) is 44.3 Å². The molecule has 2 N–H and O–H groups in total. The van der Waals surface area contributed by atoms with Crippen LogP contribution in [0.5, 0.6) is 17.2 Å². The number of H-pyrrole nitrogens is 1. The van der Waals surface area contributed by atoms with Gasteiger partial charge < -0.3 is 34.1 Å². The van der Waals surface area contributed by atoms with Gasteiger partial charge in [-0.2, -0.15) is 0 Å². The molecule has 0 bridgehead atoms. The quantitative estimate of drug-likeness (QED) is 0.483. The monoisotopic (exact) mass is 575 g/mol. The number of benzene rings is 1. The van der Waals surface area contributed by atoms with Crippen molar-refractivity contribution in [2.24, 2.45) is 5.92 Å². The number of aromatic nitrogens is 1. The maximum absolute atomic E-state index is 13.6. The summed E-state index contributed by atoms with van der Waals surface area (Å²) in [6.45, 7) is 10.9. The van der Waals surface area contributed by atoms with Crippen LogP contribution in [0.2, 0.25) is 5.02 Å². The van der Waals surface area contributed by atoms with E-state index in [0.717, 1.165) is 25.7 Å². The number of fused-ring (bicyclic) bond motifs is 1. The van der Waals surface area contributed by atoms with Crippen molar-refractivity contribution in [2.75, 3.05) is 19.1 Å². The number of aromatic amines is 1. The van der Waals surface area contributed by atoms with Crippen LogP contribution in [0.1, 0.15) is 75.0 Å². The zero-order valence-electron chi connectivity index (χ0n) is 24.3. The van der Waals surface area contributed by atoms with E-state index in [0.29, 0.717) is 22.8 Å². The van der Waals surface area contributed by atoms with E-state index in [1.165, 1.54) is 19.1 Å². The van der Waals surface area contributed by atoms with Crippen LogP contribution in [0, 0.1) is 19.8 Å². The number of hydrogen-bond donors (Lipinski definition) is 2. The van der Waals surface area contributed by atoms with Gasteiger partial charge in [-0.15, -0.1) is 0 Å². The van der Waals surface area contributed by atoms with E-state index in [1.54, 1.807) is 26.0 Å². The Morgan fingerprint density at radius 2 is 1.75 bits per heavy atom. The van der Waals surface area contributed by atoms with Gasteiger partial charge in [-0.25, -0.2) is 4.79 Å². The fraction of sp³-hybridized carbons (Fsp3) is 0.552. The highest BCUT2D eigenvalue weighted by molar-refractivity contribution is 6.33. The van der Waals surface area contributed by atoms with Crippen molar-refractivity contribution in [3.63, 3.8) is 0 Å². The number of aryl methyl sites for hydroxylation is 1. The number of halogens is 1. The van der Waals surface area contributed by atoms with E-state index in [4.69, 9.17) is 30.5 Å². The van der Waals surface area contributed by atoms with Crippen molar-refractivity contribution < 1.29 is 28.5 Å². The predicted molar refractivity (Wildman–Crippen MR) is 152 cm³/mol. The third kappa shape index (κ3) is 5.87. The Morgan fingerprint density at radius 3 is 2.35 bits per heavy atom. The summed E-state index contributed by atoms with van der Waals surface area (Å²) < 4.78 is 23.5. The molecule has 1 unspecified atom stereocenters. The van der Waals surface area contributed by atoms with E-state index >= 15 is 0 Å². The van der Waals surface area contributed by atoms with Crippen LogP contribution in [0.15, 0.2) is 16.9 Å². The van der Waals surface area contributed by atoms with Crippen molar-refractivity contribution in [1.82, 2.24) is 10.3 Å². The molecule has 1 aromatic carbocycles. The zero-order valence-corrected chi connectivity index (χ0v) is 25.1. The van der Waals surface area contributed by atoms with Crippen molar-refractivity contribution in [1.29, 1.82) is 0 Å². The molecule has 1 aliphatic heterocycles. The molecule has 0 saturated heterocycles. The number of ether oxygens (including phenoxy) is 4. The molecule has 1 aliphatic carbocycles. The highest BCUT2D eigenvalue weighted by atomic mass is 35.5. The van der Waals surface area contributed by atoms with Crippen LogP contribution in [0.25, 0.3) is 0 Å². The lowest BCUT2D eigenvalue weighted by Gasteiger charge is -2.37. The lowest BCUT2D eigenvalue weighted by molar-refractivity contribution is -0.121. The number of carbonyl (C=O) groups excluding carboxylic acids is 2. The van der Waals surface area contributed by atoms with E-state index in [9.17, 15) is 14.4 Å². The summed E-state index contributed by atoms with van der Waals surface area (Å²) in [6, 6.07) is 3.20. The van der Waals surface area contributed by atoms with E-state index < -0.39 is 28.9 Å². The minimum atomic E-state index is -0.988. The normalized spacial score (nSPS) is 22.0. The second-order valence-electron chi connectivity index (χ2n) is 11.7. The number of amides is 2. The summed E-state index contributed by atoms with van der Waals surface area (Å²) in [6.07, 6.45) is 2.59. The van der Waals surface area contributed by atoms with Gasteiger partial charge >= 0.3 is 6.09 Å². The number of alkyl carbamates (subject to hydrolysis) is 1. The summed E-state index contributed by atoms with van der Waals surface area (Å²) in [5.41, 5.74) is 0.548. The predicted octanol–water partition coefficient (Wildman–Crippen LogP) is 5.50. The molecule has 2 aromatic rings. The summed E-state index contributed by atoms with van der Waals surface area (Å²) in [7, 11) is 2.96. The van der Waals surface area contributed by atoms with Gasteiger partial charge in [0.25, 0.3) is 17.3 Å². The Morgan fingerprint density at radius 1 is 1.12 bits per heavy atom. The van der Waals surface area contributed by atoms with Gasteiger partial charge in [-0.3, -0.25) is 9.59 Å². The van der Waals surface area contributed by atoms with Crippen LogP contribution in [0.4, 0.5) is 10.5 Å². The van der Waals surface area contributed by atoms with Crippen LogP contribution in [-0.4, -0.2) is 48.6 Å². The van der Waals surface area contributed by atoms with E-state index in [-0.39, 0.29) is 34.0 Å². The van der Waals surface area contributed by atoms with Crippen LogP contribution in [-0.2, 0) is 4.74 Å². The van der Waals surface area contributed by atoms with Gasteiger partial charge in [0, 0.05) is 48.8 Å². The third-order valence-electron chi connectivity index (χ3n) is 7.43. The number of nitrogens with zero attached hydrogens (tertiary/aromatic N) is 1. The molecule has 40 heavy (non-hydrogen) atoms. The standard InChI is InChI=1S/C29H38ClN3O7/c1-15-13-21(37-8)22(25(34)31-15)33(7)26(35)19-14-20(30)24-23(16(19)2)38-29(6,39-24)17-9-11-18(12-10-17)32-27(36)40-28(3,4)5/h13-14,17-18H,9-12H2,1-8H3,(H,31,34)(H,32,36)/t17-,18-,29?. The third-order valence-corrected chi connectivity index (χ3v) is 7.72. The summed E-state index contributed by atoms with van der Waals surface area (Å²) in [5, 5.41) is 3.20. The van der Waals surface area contributed by atoms with Gasteiger partial charge in [0.05, 0.1) is 12.1 Å². The summed E-state index contributed by atoms with van der Waals surface area (Å²) in [4.78, 5) is 42.5. The Hall–Kier alpha value is -3.40. The molecule has 0 radical (unpaired) electrons. The first-order valence-electron chi connectivity index (χ1n) is 13.4. The Labute approximate surface area is 239 Å². The Balaban J connectivity index is 1.51. The summed E-state index contributed by atoms with van der Waals surface area (Å²) in [5.74, 6) is -0.319. The lowest BCUT2D eigenvalue weighted by atomic mass is 9.81.